The van der Waals surface area contributed by atoms with Crippen molar-refractivity contribution in [3.05, 3.63) is 41.7 Å². The lowest BCUT2D eigenvalue weighted by Gasteiger charge is -2.03. The summed E-state index contributed by atoms with van der Waals surface area (Å²) in [4.78, 5) is 11.6. The highest BCUT2D eigenvalue weighted by Crippen LogP contribution is 2.30. The third kappa shape index (κ3) is 1.62. The molecule has 4 nitrogen and oxygen atoms in total. The van der Waals surface area contributed by atoms with Gasteiger partial charge < -0.3 is 10.7 Å². The van der Waals surface area contributed by atoms with Crippen molar-refractivity contribution in [1.82, 2.24) is 15.0 Å². The number of nitrogen functional groups attached to an aromatic ring is 1. The van der Waals surface area contributed by atoms with Gasteiger partial charge in [0.25, 0.3) is 0 Å². The van der Waals surface area contributed by atoms with E-state index in [2.05, 4.69) is 15.0 Å². The molecule has 0 spiro atoms. The fraction of sp³-hybridized carbons (Fsp3) is 0. The molecule has 0 saturated carbocycles. The average molecular weight is 245 g/mol. The Labute approximate surface area is 102 Å². The van der Waals surface area contributed by atoms with Gasteiger partial charge in [-0.15, -0.1) is 0 Å². The predicted octanol–water partition coefficient (Wildman–Crippen LogP) is 2.86. The second-order valence-corrected chi connectivity index (χ2v) is 4.09. The average Bonchev–Trinajstić information content (AvgIpc) is 2.76. The largest absolute Gasteiger partial charge is 0.397 e. The summed E-state index contributed by atoms with van der Waals surface area (Å²) in [5, 5.41) is 0.529. The monoisotopic (exact) mass is 244 g/mol. The zero-order valence-corrected chi connectivity index (χ0v) is 9.57. The maximum atomic E-state index is 5.98. The maximum absolute atomic E-state index is 5.98. The Morgan fingerprint density at radius 3 is 2.94 bits per heavy atom. The van der Waals surface area contributed by atoms with Gasteiger partial charge in [0.15, 0.2) is 0 Å². The number of hydrogen-bond acceptors (Lipinski definition) is 3. The molecule has 0 atom stereocenters. The van der Waals surface area contributed by atoms with Crippen molar-refractivity contribution in [3.63, 3.8) is 0 Å². The molecule has 0 amide bonds. The van der Waals surface area contributed by atoms with Crippen LogP contribution >= 0.6 is 11.6 Å². The van der Waals surface area contributed by atoms with E-state index < -0.39 is 0 Å². The van der Waals surface area contributed by atoms with Crippen molar-refractivity contribution < 1.29 is 0 Å². The Bertz CT molecular complexity index is 657. The van der Waals surface area contributed by atoms with Crippen molar-refractivity contribution in [2.45, 2.75) is 0 Å². The zero-order valence-electron chi connectivity index (χ0n) is 8.81. The summed E-state index contributed by atoms with van der Waals surface area (Å²) in [5.41, 5.74) is 8.99. The number of anilines is 1. The highest BCUT2D eigenvalue weighted by atomic mass is 35.5. The van der Waals surface area contributed by atoms with Gasteiger partial charge in [-0.2, -0.15) is 0 Å². The van der Waals surface area contributed by atoms with Crippen LogP contribution in [0.15, 0.2) is 36.7 Å². The van der Waals surface area contributed by atoms with Gasteiger partial charge in [-0.05, 0) is 18.2 Å². The SMILES string of the molecule is Nc1c(Cl)cccc1-c1nc2ccncc2[nH]1. The summed E-state index contributed by atoms with van der Waals surface area (Å²) in [6, 6.07) is 7.33. The first kappa shape index (κ1) is 10.1. The van der Waals surface area contributed by atoms with E-state index in [1.165, 1.54) is 0 Å². The lowest BCUT2D eigenvalue weighted by atomic mass is 10.2. The molecule has 3 N–H and O–H groups in total. The second kappa shape index (κ2) is 3.75. The fourth-order valence-electron chi connectivity index (χ4n) is 1.73. The molecule has 0 aliphatic heterocycles. The molecule has 0 aliphatic rings. The van der Waals surface area contributed by atoms with E-state index in [1.54, 1.807) is 18.5 Å². The molecule has 3 aromatic rings. The van der Waals surface area contributed by atoms with Crippen LogP contribution in [0.4, 0.5) is 5.69 Å². The van der Waals surface area contributed by atoms with Gasteiger partial charge in [-0.1, -0.05) is 17.7 Å². The van der Waals surface area contributed by atoms with Gasteiger partial charge in [0.1, 0.15) is 5.82 Å². The first-order valence-electron chi connectivity index (χ1n) is 5.10. The van der Waals surface area contributed by atoms with Crippen molar-refractivity contribution in [1.29, 1.82) is 0 Å². The molecule has 0 radical (unpaired) electrons. The number of H-pyrrole nitrogens is 1. The quantitative estimate of drug-likeness (QED) is 0.647. The number of benzene rings is 1. The van der Waals surface area contributed by atoms with Gasteiger partial charge >= 0.3 is 0 Å². The Kier molecular flexibility index (Phi) is 2.23. The van der Waals surface area contributed by atoms with E-state index in [4.69, 9.17) is 17.3 Å². The Balaban J connectivity index is 2.24. The molecule has 0 fully saturated rings. The number of aromatic amines is 1. The normalized spacial score (nSPS) is 10.9. The number of aromatic nitrogens is 3. The molecule has 0 unspecified atom stereocenters. The van der Waals surface area contributed by atoms with E-state index in [-0.39, 0.29) is 0 Å². The summed E-state index contributed by atoms with van der Waals surface area (Å²) in [7, 11) is 0. The summed E-state index contributed by atoms with van der Waals surface area (Å²) in [6.45, 7) is 0. The Morgan fingerprint density at radius 1 is 1.24 bits per heavy atom. The van der Waals surface area contributed by atoms with Crippen LogP contribution < -0.4 is 5.73 Å². The van der Waals surface area contributed by atoms with Crippen LogP contribution in [0.2, 0.25) is 5.02 Å². The number of hydrogen-bond donors (Lipinski definition) is 2. The number of nitrogens with zero attached hydrogens (tertiary/aromatic N) is 2. The van der Waals surface area contributed by atoms with Crippen LogP contribution in [0.5, 0.6) is 0 Å². The predicted molar refractivity (Wildman–Crippen MR) is 68.7 cm³/mol. The number of fused-ring (bicyclic) bond motifs is 1. The smallest absolute Gasteiger partial charge is 0.140 e. The van der Waals surface area contributed by atoms with Crippen LogP contribution in [-0.2, 0) is 0 Å². The van der Waals surface area contributed by atoms with Gasteiger partial charge in [-0.3, -0.25) is 4.98 Å². The summed E-state index contributed by atoms with van der Waals surface area (Å²) >= 11 is 5.98. The molecular weight excluding hydrogens is 236 g/mol. The van der Waals surface area contributed by atoms with Gasteiger partial charge in [0.05, 0.1) is 27.9 Å². The lowest BCUT2D eigenvalue weighted by molar-refractivity contribution is 1.33. The van der Waals surface area contributed by atoms with Crippen molar-refractivity contribution in [2.75, 3.05) is 5.73 Å². The minimum absolute atomic E-state index is 0.529. The van der Waals surface area contributed by atoms with Crippen LogP contribution in [0.25, 0.3) is 22.4 Å². The molecule has 0 bridgehead atoms. The molecule has 1 aromatic carbocycles. The van der Waals surface area contributed by atoms with Gasteiger partial charge in [0, 0.05) is 11.8 Å². The van der Waals surface area contributed by atoms with Gasteiger partial charge in [0.2, 0.25) is 0 Å². The summed E-state index contributed by atoms with van der Waals surface area (Å²) in [5.74, 6) is 0.702. The molecule has 2 aromatic heterocycles. The lowest BCUT2D eigenvalue weighted by Crippen LogP contribution is -1.92. The first-order chi connectivity index (χ1) is 8.25. The van der Waals surface area contributed by atoms with Crippen LogP contribution in [0, 0.1) is 0 Å². The minimum atomic E-state index is 0.529. The van der Waals surface area contributed by atoms with Crippen molar-refractivity contribution >= 4 is 28.3 Å². The molecule has 17 heavy (non-hydrogen) atoms. The summed E-state index contributed by atoms with van der Waals surface area (Å²) < 4.78 is 0. The number of pyridine rings is 1. The highest BCUT2D eigenvalue weighted by molar-refractivity contribution is 6.33. The molecule has 5 heteroatoms. The number of rotatable bonds is 1. The number of imidazole rings is 1. The van der Waals surface area contributed by atoms with E-state index >= 15 is 0 Å². The van der Waals surface area contributed by atoms with Crippen LogP contribution in [-0.4, -0.2) is 15.0 Å². The summed E-state index contributed by atoms with van der Waals surface area (Å²) in [6.07, 6.45) is 3.43. The van der Waals surface area contributed by atoms with E-state index in [0.29, 0.717) is 16.5 Å². The van der Waals surface area contributed by atoms with Crippen LogP contribution in [0.3, 0.4) is 0 Å². The first-order valence-corrected chi connectivity index (χ1v) is 5.47. The fourth-order valence-corrected chi connectivity index (χ4v) is 1.90. The van der Waals surface area contributed by atoms with Gasteiger partial charge in [-0.25, -0.2) is 4.98 Å². The number of nitrogens with two attached hydrogens (primary N) is 1. The molecule has 0 aliphatic carbocycles. The minimum Gasteiger partial charge on any atom is -0.397 e. The second-order valence-electron chi connectivity index (χ2n) is 3.68. The van der Waals surface area contributed by atoms with Crippen LogP contribution in [0.1, 0.15) is 0 Å². The Morgan fingerprint density at radius 2 is 2.12 bits per heavy atom. The van der Waals surface area contributed by atoms with E-state index in [0.717, 1.165) is 16.6 Å². The number of nitrogens with one attached hydrogen (secondary N) is 1. The molecule has 0 saturated heterocycles. The molecule has 84 valence electrons. The third-order valence-electron chi connectivity index (χ3n) is 2.59. The third-order valence-corrected chi connectivity index (χ3v) is 2.92. The molecule has 3 rings (SSSR count). The maximum Gasteiger partial charge on any atom is 0.140 e. The molecule has 2 heterocycles. The van der Waals surface area contributed by atoms with E-state index in [9.17, 15) is 0 Å². The topological polar surface area (TPSA) is 67.6 Å². The number of para-hydroxylation sites is 1. The standard InChI is InChI=1S/C12H9ClN4/c13-8-3-1-2-7(11(8)14)12-16-9-4-5-15-6-10(9)17-12/h1-6H,14H2,(H,16,17). The molecular formula is C12H9ClN4. The van der Waals surface area contributed by atoms with Crippen molar-refractivity contribution in [3.8, 4) is 11.4 Å². The van der Waals surface area contributed by atoms with Crippen molar-refractivity contribution in [2.24, 2.45) is 0 Å². The zero-order chi connectivity index (χ0) is 11.8. The highest BCUT2D eigenvalue weighted by Gasteiger charge is 2.09. The van der Waals surface area contributed by atoms with E-state index in [1.807, 2.05) is 18.2 Å². The number of halogens is 1. The Hall–Kier alpha value is -2.07.